The van der Waals surface area contributed by atoms with Crippen LogP contribution in [0.4, 0.5) is 0 Å². The molecular formula is C14H21ClN2OS. The number of likely N-dealkylation sites (N-methyl/N-ethyl adjacent to an activating group) is 1. The first-order chi connectivity index (χ1) is 9.17. The summed E-state index contributed by atoms with van der Waals surface area (Å²) >= 11 is 7.43. The summed E-state index contributed by atoms with van der Waals surface area (Å²) in [5.74, 6) is 0.160. The lowest BCUT2D eigenvalue weighted by Gasteiger charge is -2.32. The number of hydrogen-bond acceptors (Lipinski definition) is 3. The van der Waals surface area contributed by atoms with Crippen molar-refractivity contribution in [2.75, 3.05) is 19.6 Å². The SMILES string of the molecule is CCN1CCC[C@H](NC(=O)CCc2ccc(Cl)s2)C1. The fraction of sp³-hybridized carbons (Fsp3) is 0.643. The number of halogens is 1. The molecule has 0 radical (unpaired) electrons. The van der Waals surface area contributed by atoms with Crippen molar-refractivity contribution in [2.45, 2.75) is 38.6 Å². The van der Waals surface area contributed by atoms with Gasteiger partial charge in [-0.1, -0.05) is 18.5 Å². The van der Waals surface area contributed by atoms with Crippen LogP contribution in [0.25, 0.3) is 0 Å². The number of carbonyl (C=O) groups is 1. The molecule has 1 aromatic heterocycles. The summed E-state index contributed by atoms with van der Waals surface area (Å²) in [6.45, 7) is 5.40. The van der Waals surface area contributed by atoms with Gasteiger partial charge in [-0.25, -0.2) is 0 Å². The van der Waals surface area contributed by atoms with Crippen LogP contribution in [0.1, 0.15) is 31.1 Å². The number of hydrogen-bond donors (Lipinski definition) is 1. The first kappa shape index (κ1) is 14.8. The van der Waals surface area contributed by atoms with Gasteiger partial charge in [0, 0.05) is 23.9 Å². The molecule has 1 saturated heterocycles. The topological polar surface area (TPSA) is 32.3 Å². The molecule has 1 aliphatic rings. The predicted molar refractivity (Wildman–Crippen MR) is 80.9 cm³/mol. The smallest absolute Gasteiger partial charge is 0.220 e. The van der Waals surface area contributed by atoms with Crippen LogP contribution in [0, 0.1) is 0 Å². The molecule has 1 amide bonds. The van der Waals surface area contributed by atoms with E-state index < -0.39 is 0 Å². The molecule has 2 rings (SSSR count). The van der Waals surface area contributed by atoms with E-state index in [2.05, 4.69) is 17.1 Å². The number of likely N-dealkylation sites (tertiary alicyclic amines) is 1. The molecule has 0 aliphatic carbocycles. The van der Waals surface area contributed by atoms with Gasteiger partial charge in [0.1, 0.15) is 0 Å². The fourth-order valence-corrected chi connectivity index (χ4v) is 3.57. The zero-order valence-corrected chi connectivity index (χ0v) is 12.9. The van der Waals surface area contributed by atoms with Gasteiger partial charge >= 0.3 is 0 Å². The number of nitrogens with one attached hydrogen (secondary N) is 1. The van der Waals surface area contributed by atoms with Gasteiger partial charge in [0.25, 0.3) is 0 Å². The van der Waals surface area contributed by atoms with Gasteiger partial charge in [-0.2, -0.15) is 0 Å². The number of aryl methyl sites for hydroxylation is 1. The molecule has 1 aromatic rings. The van der Waals surface area contributed by atoms with Gasteiger partial charge in [0.2, 0.25) is 5.91 Å². The van der Waals surface area contributed by atoms with Gasteiger partial charge in [0.05, 0.1) is 4.34 Å². The minimum absolute atomic E-state index is 0.160. The van der Waals surface area contributed by atoms with Crippen molar-refractivity contribution in [3.63, 3.8) is 0 Å². The molecule has 5 heteroatoms. The van der Waals surface area contributed by atoms with E-state index in [4.69, 9.17) is 11.6 Å². The highest BCUT2D eigenvalue weighted by Gasteiger charge is 2.20. The lowest BCUT2D eigenvalue weighted by molar-refractivity contribution is -0.122. The molecule has 1 N–H and O–H groups in total. The zero-order chi connectivity index (χ0) is 13.7. The standard InChI is InChI=1S/C14H21ClN2OS/c1-2-17-9-3-4-11(10-17)16-14(18)8-6-12-5-7-13(15)19-12/h5,7,11H,2-4,6,8-10H2,1H3,(H,16,18)/t11-/m0/s1. The van der Waals surface area contributed by atoms with Crippen molar-refractivity contribution in [1.82, 2.24) is 10.2 Å². The Morgan fingerprint density at radius 3 is 3.11 bits per heavy atom. The normalized spacial score (nSPS) is 20.4. The first-order valence-corrected chi connectivity index (χ1v) is 8.12. The van der Waals surface area contributed by atoms with E-state index in [0.717, 1.165) is 36.8 Å². The van der Waals surface area contributed by atoms with Crippen LogP contribution in [-0.4, -0.2) is 36.5 Å². The van der Waals surface area contributed by atoms with Gasteiger partial charge in [0.15, 0.2) is 0 Å². The fourth-order valence-electron chi connectivity index (χ4n) is 2.48. The Morgan fingerprint density at radius 1 is 1.58 bits per heavy atom. The van der Waals surface area contributed by atoms with Crippen molar-refractivity contribution in [3.8, 4) is 0 Å². The van der Waals surface area contributed by atoms with E-state index in [-0.39, 0.29) is 5.91 Å². The van der Waals surface area contributed by atoms with Crippen LogP contribution in [0.15, 0.2) is 12.1 Å². The maximum atomic E-state index is 11.9. The number of amides is 1. The lowest BCUT2D eigenvalue weighted by atomic mass is 10.1. The van der Waals surface area contributed by atoms with Gasteiger partial charge in [-0.15, -0.1) is 11.3 Å². The maximum Gasteiger partial charge on any atom is 0.220 e. The maximum absolute atomic E-state index is 11.9. The van der Waals surface area contributed by atoms with Crippen LogP contribution >= 0.6 is 22.9 Å². The minimum atomic E-state index is 0.160. The Bertz CT molecular complexity index is 421. The van der Waals surface area contributed by atoms with E-state index in [1.165, 1.54) is 11.3 Å². The molecule has 1 atom stereocenters. The average Bonchev–Trinajstić information content (AvgIpc) is 2.82. The van der Waals surface area contributed by atoms with Crippen molar-refractivity contribution >= 4 is 28.8 Å². The Kier molecular flexibility index (Phi) is 5.67. The summed E-state index contributed by atoms with van der Waals surface area (Å²) in [4.78, 5) is 15.5. The number of nitrogens with zero attached hydrogens (tertiary/aromatic N) is 1. The predicted octanol–water partition coefficient (Wildman–Crippen LogP) is 2.93. The summed E-state index contributed by atoms with van der Waals surface area (Å²) in [5.41, 5.74) is 0. The molecule has 0 aromatic carbocycles. The third-order valence-electron chi connectivity index (χ3n) is 3.55. The van der Waals surface area contributed by atoms with Crippen molar-refractivity contribution in [1.29, 1.82) is 0 Å². The number of rotatable bonds is 5. The van der Waals surface area contributed by atoms with Crippen LogP contribution < -0.4 is 5.32 Å². The highest BCUT2D eigenvalue weighted by Crippen LogP contribution is 2.22. The summed E-state index contributed by atoms with van der Waals surface area (Å²) in [7, 11) is 0. The Labute approximate surface area is 123 Å². The minimum Gasteiger partial charge on any atom is -0.352 e. The Hall–Kier alpha value is -0.580. The summed E-state index contributed by atoms with van der Waals surface area (Å²) in [6.07, 6.45) is 3.62. The highest BCUT2D eigenvalue weighted by molar-refractivity contribution is 7.16. The third-order valence-corrected chi connectivity index (χ3v) is 4.84. The van der Waals surface area contributed by atoms with Crippen LogP contribution in [0.5, 0.6) is 0 Å². The van der Waals surface area contributed by atoms with Crippen molar-refractivity contribution in [3.05, 3.63) is 21.3 Å². The van der Waals surface area contributed by atoms with E-state index in [1.54, 1.807) is 11.3 Å². The van der Waals surface area contributed by atoms with E-state index in [1.807, 2.05) is 12.1 Å². The molecule has 106 valence electrons. The molecule has 0 saturated carbocycles. The number of piperidine rings is 1. The second kappa shape index (κ2) is 7.27. The van der Waals surface area contributed by atoms with Crippen LogP contribution in [0.3, 0.4) is 0 Å². The van der Waals surface area contributed by atoms with Crippen LogP contribution in [-0.2, 0) is 11.2 Å². The van der Waals surface area contributed by atoms with Crippen molar-refractivity contribution < 1.29 is 4.79 Å². The quantitative estimate of drug-likeness (QED) is 0.907. The van der Waals surface area contributed by atoms with Gasteiger partial charge in [-0.05, 0) is 44.5 Å². The average molecular weight is 301 g/mol. The second-order valence-electron chi connectivity index (χ2n) is 5.01. The highest BCUT2D eigenvalue weighted by atomic mass is 35.5. The molecule has 2 heterocycles. The molecule has 0 spiro atoms. The summed E-state index contributed by atoms with van der Waals surface area (Å²) in [6, 6.07) is 4.22. The molecule has 1 aliphatic heterocycles. The van der Waals surface area contributed by atoms with E-state index in [0.29, 0.717) is 12.5 Å². The molecule has 1 fully saturated rings. The summed E-state index contributed by atoms with van der Waals surface area (Å²) < 4.78 is 0.793. The third kappa shape index (κ3) is 4.79. The second-order valence-corrected chi connectivity index (χ2v) is 6.81. The van der Waals surface area contributed by atoms with Crippen LogP contribution in [0.2, 0.25) is 4.34 Å². The largest absolute Gasteiger partial charge is 0.352 e. The monoisotopic (exact) mass is 300 g/mol. The Morgan fingerprint density at radius 2 is 2.42 bits per heavy atom. The molecule has 3 nitrogen and oxygen atoms in total. The van der Waals surface area contributed by atoms with E-state index in [9.17, 15) is 4.79 Å². The molecular weight excluding hydrogens is 280 g/mol. The number of thiophene rings is 1. The Balaban J connectivity index is 1.72. The molecule has 0 unspecified atom stereocenters. The van der Waals surface area contributed by atoms with Gasteiger partial charge < -0.3 is 10.2 Å². The van der Waals surface area contributed by atoms with E-state index >= 15 is 0 Å². The van der Waals surface area contributed by atoms with Crippen molar-refractivity contribution in [2.24, 2.45) is 0 Å². The lowest BCUT2D eigenvalue weighted by Crippen LogP contribution is -2.47. The molecule has 19 heavy (non-hydrogen) atoms. The number of carbonyl (C=O) groups excluding carboxylic acids is 1. The molecule has 0 bridgehead atoms. The first-order valence-electron chi connectivity index (χ1n) is 6.93. The summed E-state index contributed by atoms with van der Waals surface area (Å²) in [5, 5.41) is 3.15. The van der Waals surface area contributed by atoms with Gasteiger partial charge in [-0.3, -0.25) is 4.79 Å². The zero-order valence-electron chi connectivity index (χ0n) is 11.3.